The van der Waals surface area contributed by atoms with Crippen molar-refractivity contribution in [3.8, 4) is 17.2 Å². The summed E-state index contributed by atoms with van der Waals surface area (Å²) >= 11 is 0. The lowest BCUT2D eigenvalue weighted by molar-refractivity contribution is 0.101. The molecule has 4 heteroatoms. The van der Waals surface area contributed by atoms with Gasteiger partial charge in [-0.15, -0.1) is 0 Å². The van der Waals surface area contributed by atoms with E-state index in [0.717, 1.165) is 23.1 Å². The van der Waals surface area contributed by atoms with Crippen LogP contribution in [0, 0.1) is 19.8 Å². The first-order valence-electron chi connectivity index (χ1n) is 9.25. The third-order valence-corrected chi connectivity index (χ3v) is 4.72. The van der Waals surface area contributed by atoms with Crippen LogP contribution in [0.5, 0.6) is 17.2 Å². The molecule has 142 valence electrons. The standard InChI is InChI=1S/C23H26O4/c1-14(2)8-9-26-19-7-6-17(12-21(19)25-5)13-22-23(24)18-10-15(3)16(4)11-20(18)27-22/h6-7,10-14H,8-9H2,1-5H3/b22-13-. The molecule has 0 saturated heterocycles. The molecular formula is C23H26O4. The summed E-state index contributed by atoms with van der Waals surface area (Å²) in [4.78, 5) is 12.6. The van der Waals surface area contributed by atoms with Crippen molar-refractivity contribution < 1.29 is 19.0 Å². The molecule has 0 amide bonds. The molecule has 0 spiro atoms. The van der Waals surface area contributed by atoms with Gasteiger partial charge in [-0.05, 0) is 73.2 Å². The monoisotopic (exact) mass is 366 g/mol. The molecule has 2 aromatic rings. The normalized spacial score (nSPS) is 14.4. The van der Waals surface area contributed by atoms with Gasteiger partial charge in [0.1, 0.15) is 5.75 Å². The maximum absolute atomic E-state index is 12.6. The Bertz CT molecular complexity index is 893. The Balaban J connectivity index is 1.82. The van der Waals surface area contributed by atoms with Crippen molar-refractivity contribution in [2.45, 2.75) is 34.1 Å². The molecule has 2 aromatic carbocycles. The van der Waals surface area contributed by atoms with E-state index in [1.807, 2.05) is 44.2 Å². The zero-order valence-corrected chi connectivity index (χ0v) is 16.6. The van der Waals surface area contributed by atoms with E-state index in [9.17, 15) is 4.79 Å². The lowest BCUT2D eigenvalue weighted by Gasteiger charge is -2.12. The summed E-state index contributed by atoms with van der Waals surface area (Å²) in [6.07, 6.45) is 2.72. The van der Waals surface area contributed by atoms with Gasteiger partial charge in [0.05, 0.1) is 19.3 Å². The molecule has 0 N–H and O–H groups in total. The molecule has 0 atom stereocenters. The average molecular weight is 366 g/mol. The van der Waals surface area contributed by atoms with Gasteiger partial charge in [0.25, 0.3) is 0 Å². The van der Waals surface area contributed by atoms with Crippen LogP contribution in [0.3, 0.4) is 0 Å². The lowest BCUT2D eigenvalue weighted by atomic mass is 10.0. The number of ketones is 1. The van der Waals surface area contributed by atoms with Gasteiger partial charge in [-0.25, -0.2) is 0 Å². The minimum atomic E-state index is -0.0932. The lowest BCUT2D eigenvalue weighted by Crippen LogP contribution is -2.03. The molecule has 0 unspecified atom stereocenters. The Labute approximate surface area is 160 Å². The van der Waals surface area contributed by atoms with Crippen LogP contribution >= 0.6 is 0 Å². The number of hydrogen-bond acceptors (Lipinski definition) is 4. The van der Waals surface area contributed by atoms with Gasteiger partial charge in [-0.2, -0.15) is 0 Å². The highest BCUT2D eigenvalue weighted by atomic mass is 16.5. The van der Waals surface area contributed by atoms with Crippen LogP contribution in [0.15, 0.2) is 36.1 Å². The highest BCUT2D eigenvalue weighted by Gasteiger charge is 2.28. The summed E-state index contributed by atoms with van der Waals surface area (Å²) in [6.45, 7) is 8.97. The summed E-state index contributed by atoms with van der Waals surface area (Å²) < 4.78 is 17.1. The number of allylic oxidation sites excluding steroid dienone is 1. The van der Waals surface area contributed by atoms with Gasteiger partial charge in [-0.1, -0.05) is 19.9 Å². The number of carbonyl (C=O) groups is 1. The molecule has 1 aliphatic rings. The number of hydrogen-bond donors (Lipinski definition) is 0. The molecule has 0 aliphatic carbocycles. The van der Waals surface area contributed by atoms with E-state index < -0.39 is 0 Å². The second kappa shape index (κ2) is 7.87. The summed E-state index contributed by atoms with van der Waals surface area (Å²) in [5, 5.41) is 0. The first kappa shape index (κ1) is 19.0. The summed E-state index contributed by atoms with van der Waals surface area (Å²) in [5.74, 6) is 2.78. The highest BCUT2D eigenvalue weighted by molar-refractivity contribution is 6.14. The van der Waals surface area contributed by atoms with Gasteiger partial charge < -0.3 is 14.2 Å². The second-order valence-electron chi connectivity index (χ2n) is 7.31. The van der Waals surface area contributed by atoms with Crippen molar-refractivity contribution in [1.82, 2.24) is 0 Å². The Hall–Kier alpha value is -2.75. The molecule has 1 heterocycles. The quantitative estimate of drug-likeness (QED) is 0.646. The number of ether oxygens (including phenoxy) is 3. The fourth-order valence-corrected chi connectivity index (χ4v) is 2.89. The van der Waals surface area contributed by atoms with Crippen LogP contribution in [0.25, 0.3) is 6.08 Å². The molecule has 1 aliphatic heterocycles. The van der Waals surface area contributed by atoms with E-state index in [1.54, 1.807) is 13.2 Å². The Kier molecular flexibility index (Phi) is 5.54. The molecule has 0 aromatic heterocycles. The average Bonchev–Trinajstić information content (AvgIpc) is 2.91. The predicted molar refractivity (Wildman–Crippen MR) is 107 cm³/mol. The summed E-state index contributed by atoms with van der Waals surface area (Å²) in [6, 6.07) is 9.42. The number of fused-ring (bicyclic) bond motifs is 1. The molecule has 0 radical (unpaired) electrons. The maximum atomic E-state index is 12.6. The zero-order chi connectivity index (χ0) is 19.6. The molecular weight excluding hydrogens is 340 g/mol. The predicted octanol–water partition coefficient (Wildman–Crippen LogP) is 5.35. The SMILES string of the molecule is COc1cc(/C=C2\Oc3cc(C)c(C)cc3C2=O)ccc1OCCC(C)C. The van der Waals surface area contributed by atoms with E-state index in [2.05, 4.69) is 13.8 Å². The van der Waals surface area contributed by atoms with Crippen LogP contribution in [0.1, 0.15) is 47.3 Å². The third kappa shape index (κ3) is 4.16. The van der Waals surface area contributed by atoms with Crippen molar-refractivity contribution >= 4 is 11.9 Å². The summed E-state index contributed by atoms with van der Waals surface area (Å²) in [5.41, 5.74) is 3.63. The number of Topliss-reactive ketones (excluding diaryl/α,β-unsaturated/α-hetero) is 1. The van der Waals surface area contributed by atoms with Crippen molar-refractivity contribution in [2.75, 3.05) is 13.7 Å². The van der Waals surface area contributed by atoms with E-state index in [-0.39, 0.29) is 5.78 Å². The molecule has 0 saturated carbocycles. The number of carbonyl (C=O) groups excluding carboxylic acids is 1. The molecule has 0 fully saturated rings. The van der Waals surface area contributed by atoms with E-state index in [1.165, 1.54) is 0 Å². The van der Waals surface area contributed by atoms with Crippen LogP contribution in [0.2, 0.25) is 0 Å². The zero-order valence-electron chi connectivity index (χ0n) is 16.6. The Morgan fingerprint density at radius 1 is 1.07 bits per heavy atom. The number of benzene rings is 2. The van der Waals surface area contributed by atoms with Crippen molar-refractivity contribution in [2.24, 2.45) is 5.92 Å². The largest absolute Gasteiger partial charge is 0.493 e. The minimum Gasteiger partial charge on any atom is -0.493 e. The molecule has 4 nitrogen and oxygen atoms in total. The van der Waals surface area contributed by atoms with Gasteiger partial charge in [0.15, 0.2) is 17.3 Å². The van der Waals surface area contributed by atoms with Crippen LogP contribution < -0.4 is 14.2 Å². The van der Waals surface area contributed by atoms with Crippen LogP contribution in [0.4, 0.5) is 0 Å². The van der Waals surface area contributed by atoms with Crippen molar-refractivity contribution in [3.63, 3.8) is 0 Å². The van der Waals surface area contributed by atoms with Gasteiger partial charge in [0.2, 0.25) is 5.78 Å². The van der Waals surface area contributed by atoms with Crippen LogP contribution in [-0.4, -0.2) is 19.5 Å². The first-order chi connectivity index (χ1) is 12.9. The number of rotatable bonds is 6. The van der Waals surface area contributed by atoms with Gasteiger partial charge >= 0.3 is 0 Å². The second-order valence-corrected chi connectivity index (χ2v) is 7.31. The van der Waals surface area contributed by atoms with Crippen molar-refractivity contribution in [1.29, 1.82) is 0 Å². The molecule has 3 rings (SSSR count). The maximum Gasteiger partial charge on any atom is 0.231 e. The number of methoxy groups -OCH3 is 1. The van der Waals surface area contributed by atoms with Gasteiger partial charge in [-0.3, -0.25) is 4.79 Å². The highest BCUT2D eigenvalue weighted by Crippen LogP contribution is 2.35. The first-order valence-corrected chi connectivity index (χ1v) is 9.25. The molecule has 0 bridgehead atoms. The van der Waals surface area contributed by atoms with Gasteiger partial charge in [0, 0.05) is 0 Å². The molecule has 27 heavy (non-hydrogen) atoms. The smallest absolute Gasteiger partial charge is 0.231 e. The number of aryl methyl sites for hydroxylation is 2. The third-order valence-electron chi connectivity index (χ3n) is 4.72. The Morgan fingerprint density at radius 3 is 2.52 bits per heavy atom. The Morgan fingerprint density at radius 2 is 1.81 bits per heavy atom. The fourth-order valence-electron chi connectivity index (χ4n) is 2.89. The fraction of sp³-hybridized carbons (Fsp3) is 0.348. The van der Waals surface area contributed by atoms with Crippen molar-refractivity contribution in [3.05, 3.63) is 58.3 Å². The van der Waals surface area contributed by atoms with Crippen LogP contribution in [-0.2, 0) is 0 Å². The van der Waals surface area contributed by atoms with E-state index in [0.29, 0.717) is 41.1 Å². The van der Waals surface area contributed by atoms with E-state index in [4.69, 9.17) is 14.2 Å². The summed E-state index contributed by atoms with van der Waals surface area (Å²) in [7, 11) is 1.61. The topological polar surface area (TPSA) is 44.8 Å². The van der Waals surface area contributed by atoms with E-state index >= 15 is 0 Å². The minimum absolute atomic E-state index is 0.0932.